The van der Waals surface area contributed by atoms with E-state index in [9.17, 15) is 4.79 Å². The van der Waals surface area contributed by atoms with Crippen molar-refractivity contribution in [2.75, 3.05) is 10.6 Å². The third-order valence-corrected chi connectivity index (χ3v) is 3.19. The van der Waals surface area contributed by atoms with Gasteiger partial charge in [0.15, 0.2) is 0 Å². The van der Waals surface area contributed by atoms with Gasteiger partial charge in [-0.2, -0.15) is 0 Å². The molecule has 0 radical (unpaired) electrons. The molecule has 0 bridgehead atoms. The smallest absolute Gasteiger partial charge is 0.413 e. The standard InChI is InChI=1S/C18H23N3O2/c1-12-6-7-14(10-13(12)2)20-15-8-9-16(19-11-15)21-17(22)23-18(3,4)5/h6-11,20H,1-5H3,(H,19,21,22). The van der Waals surface area contributed by atoms with E-state index >= 15 is 0 Å². The van der Waals surface area contributed by atoms with Crippen molar-refractivity contribution >= 4 is 23.3 Å². The highest BCUT2D eigenvalue weighted by molar-refractivity contribution is 5.83. The summed E-state index contributed by atoms with van der Waals surface area (Å²) in [6.07, 6.45) is 1.15. The lowest BCUT2D eigenvalue weighted by atomic mass is 10.1. The molecule has 23 heavy (non-hydrogen) atoms. The van der Waals surface area contributed by atoms with E-state index in [1.165, 1.54) is 11.1 Å². The number of pyridine rings is 1. The number of nitrogens with zero attached hydrogens (tertiary/aromatic N) is 1. The Hall–Kier alpha value is -2.56. The first kappa shape index (κ1) is 16.8. The normalized spacial score (nSPS) is 11.0. The Morgan fingerprint density at radius 2 is 1.74 bits per heavy atom. The fourth-order valence-corrected chi connectivity index (χ4v) is 1.94. The Balaban J connectivity index is 1.99. The Kier molecular flexibility index (Phi) is 4.89. The van der Waals surface area contributed by atoms with Crippen molar-refractivity contribution in [2.24, 2.45) is 0 Å². The molecule has 2 aromatic rings. The van der Waals surface area contributed by atoms with Crippen LogP contribution in [0.1, 0.15) is 31.9 Å². The van der Waals surface area contributed by atoms with Gasteiger partial charge >= 0.3 is 6.09 Å². The van der Waals surface area contributed by atoms with Gasteiger partial charge in [-0.15, -0.1) is 0 Å². The van der Waals surface area contributed by atoms with Crippen molar-refractivity contribution in [2.45, 2.75) is 40.2 Å². The lowest BCUT2D eigenvalue weighted by molar-refractivity contribution is 0.0635. The van der Waals surface area contributed by atoms with Crippen LogP contribution in [0.4, 0.5) is 22.0 Å². The molecule has 1 aromatic heterocycles. The molecule has 2 rings (SSSR count). The monoisotopic (exact) mass is 313 g/mol. The van der Waals surface area contributed by atoms with Crippen LogP contribution in [0.5, 0.6) is 0 Å². The average Bonchev–Trinajstić information content (AvgIpc) is 2.43. The Morgan fingerprint density at radius 3 is 2.30 bits per heavy atom. The number of carbonyl (C=O) groups is 1. The van der Waals surface area contributed by atoms with Crippen molar-refractivity contribution < 1.29 is 9.53 Å². The van der Waals surface area contributed by atoms with Gasteiger partial charge in [0.25, 0.3) is 0 Å². The van der Waals surface area contributed by atoms with Gasteiger partial charge in [0, 0.05) is 5.69 Å². The zero-order chi connectivity index (χ0) is 17.0. The van der Waals surface area contributed by atoms with Crippen LogP contribution in [0.2, 0.25) is 0 Å². The van der Waals surface area contributed by atoms with Crippen molar-refractivity contribution in [1.82, 2.24) is 4.98 Å². The maximum Gasteiger partial charge on any atom is 0.413 e. The van der Waals surface area contributed by atoms with Gasteiger partial charge in [-0.1, -0.05) is 6.07 Å². The summed E-state index contributed by atoms with van der Waals surface area (Å²) in [5, 5.41) is 5.89. The average molecular weight is 313 g/mol. The fraction of sp³-hybridized carbons (Fsp3) is 0.333. The molecule has 0 saturated carbocycles. The van der Waals surface area contributed by atoms with Gasteiger partial charge in [-0.25, -0.2) is 9.78 Å². The first-order chi connectivity index (χ1) is 10.7. The molecule has 2 N–H and O–H groups in total. The zero-order valence-electron chi connectivity index (χ0n) is 14.2. The van der Waals surface area contributed by atoms with E-state index in [0.29, 0.717) is 5.82 Å². The van der Waals surface area contributed by atoms with Crippen LogP contribution < -0.4 is 10.6 Å². The van der Waals surface area contributed by atoms with Crippen LogP contribution in [-0.2, 0) is 4.74 Å². The minimum Gasteiger partial charge on any atom is -0.444 e. The van der Waals surface area contributed by atoms with Crippen LogP contribution in [0.15, 0.2) is 36.5 Å². The summed E-state index contributed by atoms with van der Waals surface area (Å²) in [7, 11) is 0. The van der Waals surface area contributed by atoms with E-state index in [4.69, 9.17) is 4.74 Å². The number of amides is 1. The molecule has 5 heteroatoms. The van der Waals surface area contributed by atoms with Gasteiger partial charge in [0.2, 0.25) is 0 Å². The number of hydrogen-bond acceptors (Lipinski definition) is 4. The molecular formula is C18H23N3O2. The predicted molar refractivity (Wildman–Crippen MR) is 93.3 cm³/mol. The molecule has 0 unspecified atom stereocenters. The molecule has 122 valence electrons. The maximum atomic E-state index is 11.7. The van der Waals surface area contributed by atoms with Crippen LogP contribution in [0.3, 0.4) is 0 Å². The maximum absolute atomic E-state index is 11.7. The summed E-state index contributed by atoms with van der Waals surface area (Å²) < 4.78 is 5.19. The number of rotatable bonds is 3. The molecule has 0 atom stereocenters. The Labute approximate surface area is 137 Å². The molecule has 0 aliphatic heterocycles. The Bertz CT molecular complexity index is 688. The molecule has 0 saturated heterocycles. The minimum atomic E-state index is -0.533. The van der Waals surface area contributed by atoms with Gasteiger partial charge in [-0.3, -0.25) is 5.32 Å². The van der Waals surface area contributed by atoms with E-state index < -0.39 is 11.7 Å². The van der Waals surface area contributed by atoms with E-state index in [2.05, 4.69) is 41.6 Å². The summed E-state index contributed by atoms with van der Waals surface area (Å²) in [5.74, 6) is 0.449. The molecule has 1 amide bonds. The largest absolute Gasteiger partial charge is 0.444 e. The van der Waals surface area contributed by atoms with Crippen molar-refractivity contribution in [3.05, 3.63) is 47.7 Å². The quantitative estimate of drug-likeness (QED) is 0.855. The first-order valence-electron chi connectivity index (χ1n) is 7.53. The van der Waals surface area contributed by atoms with Crippen molar-refractivity contribution in [1.29, 1.82) is 0 Å². The van der Waals surface area contributed by atoms with Crippen molar-refractivity contribution in [3.8, 4) is 0 Å². The molecule has 0 spiro atoms. The van der Waals surface area contributed by atoms with Crippen LogP contribution in [0, 0.1) is 13.8 Å². The second-order valence-corrected chi connectivity index (χ2v) is 6.48. The molecular weight excluding hydrogens is 290 g/mol. The highest BCUT2D eigenvalue weighted by atomic mass is 16.6. The first-order valence-corrected chi connectivity index (χ1v) is 7.53. The molecule has 0 aliphatic carbocycles. The van der Waals surface area contributed by atoms with E-state index in [-0.39, 0.29) is 0 Å². The molecule has 0 aliphatic rings. The van der Waals surface area contributed by atoms with Crippen molar-refractivity contribution in [3.63, 3.8) is 0 Å². The molecule has 5 nitrogen and oxygen atoms in total. The molecule has 0 fully saturated rings. The Morgan fingerprint density at radius 1 is 1.04 bits per heavy atom. The second kappa shape index (κ2) is 6.69. The number of aromatic nitrogens is 1. The number of ether oxygens (including phenoxy) is 1. The number of carbonyl (C=O) groups excluding carboxylic acids is 1. The highest BCUT2D eigenvalue weighted by Crippen LogP contribution is 2.20. The SMILES string of the molecule is Cc1ccc(Nc2ccc(NC(=O)OC(C)(C)C)nc2)cc1C. The predicted octanol–water partition coefficient (Wildman–Crippen LogP) is 4.79. The summed E-state index contributed by atoms with van der Waals surface area (Å²) in [6, 6.07) is 9.77. The number of anilines is 3. The minimum absolute atomic E-state index is 0.449. The number of nitrogens with one attached hydrogen (secondary N) is 2. The van der Waals surface area contributed by atoms with Gasteiger partial charge in [0.05, 0.1) is 11.9 Å². The number of hydrogen-bond donors (Lipinski definition) is 2. The van der Waals surface area contributed by atoms with Gasteiger partial charge in [-0.05, 0) is 70.0 Å². The van der Waals surface area contributed by atoms with Crippen LogP contribution >= 0.6 is 0 Å². The van der Waals surface area contributed by atoms with E-state index in [0.717, 1.165) is 11.4 Å². The summed E-state index contributed by atoms with van der Waals surface area (Å²) in [5.41, 5.74) is 3.80. The van der Waals surface area contributed by atoms with Crippen LogP contribution in [-0.4, -0.2) is 16.7 Å². The topological polar surface area (TPSA) is 63.2 Å². The van der Waals surface area contributed by atoms with Gasteiger partial charge < -0.3 is 10.1 Å². The molecule has 1 aromatic carbocycles. The lowest BCUT2D eigenvalue weighted by Gasteiger charge is -2.19. The fourth-order valence-electron chi connectivity index (χ4n) is 1.94. The summed E-state index contributed by atoms with van der Waals surface area (Å²) >= 11 is 0. The summed E-state index contributed by atoms with van der Waals surface area (Å²) in [6.45, 7) is 9.61. The number of benzene rings is 1. The van der Waals surface area contributed by atoms with E-state index in [1.807, 2.05) is 32.9 Å². The molecule has 1 heterocycles. The highest BCUT2D eigenvalue weighted by Gasteiger charge is 2.16. The second-order valence-electron chi connectivity index (χ2n) is 6.48. The third-order valence-electron chi connectivity index (χ3n) is 3.19. The lowest BCUT2D eigenvalue weighted by Crippen LogP contribution is -2.27. The summed E-state index contributed by atoms with van der Waals surface area (Å²) in [4.78, 5) is 15.9. The van der Waals surface area contributed by atoms with E-state index in [1.54, 1.807) is 12.3 Å². The third kappa shape index (κ3) is 5.29. The van der Waals surface area contributed by atoms with Crippen LogP contribution in [0.25, 0.3) is 0 Å². The number of aryl methyl sites for hydroxylation is 2. The zero-order valence-corrected chi connectivity index (χ0v) is 14.2. The van der Waals surface area contributed by atoms with Gasteiger partial charge in [0.1, 0.15) is 11.4 Å².